The first-order valence-electron chi connectivity index (χ1n) is 11.1. The van der Waals surface area contributed by atoms with Crippen LogP contribution in [0.15, 0.2) is 48.5 Å². The Labute approximate surface area is 192 Å². The summed E-state index contributed by atoms with van der Waals surface area (Å²) in [5.74, 6) is -1.80. The minimum absolute atomic E-state index is 0.0628. The van der Waals surface area contributed by atoms with Gasteiger partial charge in [-0.3, -0.25) is 9.59 Å². The molecule has 2 aromatic rings. The van der Waals surface area contributed by atoms with Crippen molar-refractivity contribution >= 4 is 18.0 Å². The van der Waals surface area contributed by atoms with Gasteiger partial charge in [-0.15, -0.1) is 0 Å². The van der Waals surface area contributed by atoms with Crippen LogP contribution in [0.5, 0.6) is 0 Å². The second-order valence-corrected chi connectivity index (χ2v) is 8.86. The van der Waals surface area contributed by atoms with Crippen LogP contribution in [0.1, 0.15) is 36.8 Å². The zero-order chi connectivity index (χ0) is 23.5. The summed E-state index contributed by atoms with van der Waals surface area (Å²) < 4.78 is 5.47. The van der Waals surface area contributed by atoms with Crippen molar-refractivity contribution in [3.8, 4) is 11.1 Å². The Morgan fingerprint density at radius 2 is 1.67 bits per heavy atom. The highest BCUT2D eigenvalue weighted by atomic mass is 16.5. The third kappa shape index (κ3) is 5.01. The molecule has 8 nitrogen and oxygen atoms in total. The molecule has 3 unspecified atom stereocenters. The number of alkyl carbamates (subject to hydrolysis) is 1. The van der Waals surface area contributed by atoms with Crippen LogP contribution in [-0.4, -0.2) is 64.9 Å². The van der Waals surface area contributed by atoms with Crippen molar-refractivity contribution in [1.29, 1.82) is 0 Å². The monoisotopic (exact) mass is 452 g/mol. The van der Waals surface area contributed by atoms with Crippen molar-refractivity contribution < 1.29 is 29.3 Å². The summed E-state index contributed by atoms with van der Waals surface area (Å²) in [6.45, 7) is 2.49. The summed E-state index contributed by atoms with van der Waals surface area (Å²) in [7, 11) is 0. The molecule has 2 aromatic carbocycles. The summed E-state index contributed by atoms with van der Waals surface area (Å²) in [6.07, 6.45) is -1.50. The molecule has 0 spiro atoms. The number of β-amino-alcohol motifs (C(OH)–C–C–N with tert-alkyl or cyclic N) is 1. The number of hydrogen-bond acceptors (Lipinski definition) is 5. The number of likely N-dealkylation sites (tertiary alicyclic amines) is 1. The van der Waals surface area contributed by atoms with Gasteiger partial charge in [-0.25, -0.2) is 4.79 Å². The van der Waals surface area contributed by atoms with Crippen molar-refractivity contribution in [3.05, 3.63) is 59.7 Å². The standard InChI is InChI=1S/C25H28N2O6/c1-15-10-16(28)13-27(12-15)24(31)22(11-23(29)30)26-25(32)33-14-21-19-8-4-2-6-17(19)18-7-3-5-9-20(18)21/h2-9,15-16,21-22,28H,10-14H2,1H3,(H,26,32)(H,29,30). The van der Waals surface area contributed by atoms with Gasteiger partial charge in [0, 0.05) is 19.0 Å². The number of carbonyl (C=O) groups excluding carboxylic acids is 2. The number of fused-ring (bicyclic) bond motifs is 3. The third-order valence-electron chi connectivity index (χ3n) is 6.26. The van der Waals surface area contributed by atoms with Crippen molar-refractivity contribution in [1.82, 2.24) is 10.2 Å². The van der Waals surface area contributed by atoms with Crippen molar-refractivity contribution in [3.63, 3.8) is 0 Å². The predicted molar refractivity (Wildman–Crippen MR) is 121 cm³/mol. The molecule has 1 aliphatic heterocycles. The van der Waals surface area contributed by atoms with Gasteiger partial charge in [0.25, 0.3) is 0 Å². The number of piperidine rings is 1. The molecule has 0 saturated carbocycles. The van der Waals surface area contributed by atoms with Crippen LogP contribution in [0.25, 0.3) is 11.1 Å². The Balaban J connectivity index is 1.43. The maximum Gasteiger partial charge on any atom is 0.407 e. The number of nitrogens with one attached hydrogen (secondary N) is 1. The Morgan fingerprint density at radius 3 is 2.24 bits per heavy atom. The van der Waals surface area contributed by atoms with E-state index >= 15 is 0 Å². The first-order valence-corrected chi connectivity index (χ1v) is 11.1. The molecular weight excluding hydrogens is 424 g/mol. The average molecular weight is 453 g/mol. The molecule has 3 atom stereocenters. The molecule has 1 heterocycles. The summed E-state index contributed by atoms with van der Waals surface area (Å²) >= 11 is 0. The number of hydrogen-bond donors (Lipinski definition) is 3. The zero-order valence-corrected chi connectivity index (χ0v) is 18.4. The number of aliphatic hydroxyl groups excluding tert-OH is 1. The zero-order valence-electron chi connectivity index (χ0n) is 18.4. The molecule has 2 amide bonds. The van der Waals surface area contributed by atoms with Crippen LogP contribution in [-0.2, 0) is 14.3 Å². The molecule has 33 heavy (non-hydrogen) atoms. The number of ether oxygens (including phenoxy) is 1. The second-order valence-electron chi connectivity index (χ2n) is 8.86. The van der Waals surface area contributed by atoms with E-state index in [1.54, 1.807) is 0 Å². The lowest BCUT2D eigenvalue weighted by Crippen LogP contribution is -2.54. The number of rotatable bonds is 6. The molecule has 0 aromatic heterocycles. The van der Waals surface area contributed by atoms with Crippen LogP contribution in [0.3, 0.4) is 0 Å². The number of aliphatic hydroxyl groups is 1. The number of amides is 2. The van der Waals surface area contributed by atoms with Crippen molar-refractivity contribution in [2.45, 2.75) is 37.8 Å². The van der Waals surface area contributed by atoms with E-state index in [-0.39, 0.29) is 25.0 Å². The normalized spacial score (nSPS) is 20.5. The second kappa shape index (κ2) is 9.62. The van der Waals surface area contributed by atoms with Gasteiger partial charge in [-0.05, 0) is 34.6 Å². The van der Waals surface area contributed by atoms with E-state index in [2.05, 4.69) is 5.32 Å². The van der Waals surface area contributed by atoms with Crippen LogP contribution in [0.4, 0.5) is 4.79 Å². The van der Waals surface area contributed by atoms with E-state index in [1.807, 2.05) is 55.5 Å². The highest BCUT2D eigenvalue weighted by molar-refractivity contribution is 5.89. The molecule has 0 bridgehead atoms. The number of carbonyl (C=O) groups is 3. The van der Waals surface area contributed by atoms with Gasteiger partial charge in [0.15, 0.2) is 0 Å². The van der Waals surface area contributed by atoms with Gasteiger partial charge in [0.1, 0.15) is 12.6 Å². The molecule has 8 heteroatoms. The maximum absolute atomic E-state index is 12.9. The summed E-state index contributed by atoms with van der Waals surface area (Å²) in [4.78, 5) is 38.3. The van der Waals surface area contributed by atoms with E-state index in [0.29, 0.717) is 13.0 Å². The van der Waals surface area contributed by atoms with Gasteiger partial charge in [-0.1, -0.05) is 55.5 Å². The number of aliphatic carboxylic acids is 1. The number of benzene rings is 2. The summed E-state index contributed by atoms with van der Waals surface area (Å²) in [5.41, 5.74) is 4.31. The van der Waals surface area contributed by atoms with E-state index in [1.165, 1.54) is 4.90 Å². The highest BCUT2D eigenvalue weighted by Gasteiger charge is 2.34. The molecular formula is C25H28N2O6. The van der Waals surface area contributed by atoms with Crippen molar-refractivity contribution in [2.24, 2.45) is 5.92 Å². The molecule has 3 N–H and O–H groups in total. The van der Waals surface area contributed by atoms with Crippen LogP contribution >= 0.6 is 0 Å². The first-order chi connectivity index (χ1) is 15.8. The fourth-order valence-corrected chi connectivity index (χ4v) is 4.88. The summed E-state index contributed by atoms with van der Waals surface area (Å²) in [6, 6.07) is 14.6. The highest BCUT2D eigenvalue weighted by Crippen LogP contribution is 2.44. The molecule has 174 valence electrons. The molecule has 1 fully saturated rings. The molecule has 1 aliphatic carbocycles. The minimum Gasteiger partial charge on any atom is -0.481 e. The van der Waals surface area contributed by atoms with Gasteiger partial charge >= 0.3 is 12.1 Å². The van der Waals surface area contributed by atoms with E-state index in [9.17, 15) is 24.6 Å². The SMILES string of the molecule is CC1CC(O)CN(C(=O)C(CC(=O)O)NC(=O)OCC2c3ccccc3-c3ccccc32)C1. The number of carboxylic acid groups (broad SMARTS) is 1. The first kappa shape index (κ1) is 22.8. The number of nitrogens with zero attached hydrogens (tertiary/aromatic N) is 1. The molecule has 4 rings (SSSR count). The lowest BCUT2D eigenvalue weighted by Gasteiger charge is -2.36. The quantitative estimate of drug-likeness (QED) is 0.620. The largest absolute Gasteiger partial charge is 0.481 e. The lowest BCUT2D eigenvalue weighted by molar-refractivity contribution is -0.144. The smallest absolute Gasteiger partial charge is 0.407 e. The van der Waals surface area contributed by atoms with Crippen LogP contribution in [0.2, 0.25) is 0 Å². The topological polar surface area (TPSA) is 116 Å². The lowest BCUT2D eigenvalue weighted by atomic mass is 9.97. The Kier molecular flexibility index (Phi) is 6.65. The van der Waals surface area contributed by atoms with Gasteiger partial charge in [-0.2, -0.15) is 0 Å². The molecule has 1 saturated heterocycles. The fourth-order valence-electron chi connectivity index (χ4n) is 4.88. The molecule has 2 aliphatic rings. The predicted octanol–water partition coefficient (Wildman–Crippen LogP) is 2.60. The number of carboxylic acids is 1. The summed E-state index contributed by atoms with van der Waals surface area (Å²) in [5, 5.41) is 21.7. The minimum atomic E-state index is -1.27. The van der Waals surface area contributed by atoms with Crippen LogP contribution in [0, 0.1) is 5.92 Å². The van der Waals surface area contributed by atoms with Crippen LogP contribution < -0.4 is 5.32 Å². The Morgan fingerprint density at radius 1 is 1.06 bits per heavy atom. The van der Waals surface area contributed by atoms with Gasteiger partial charge in [0.2, 0.25) is 5.91 Å². The third-order valence-corrected chi connectivity index (χ3v) is 6.26. The van der Waals surface area contributed by atoms with Gasteiger partial charge in [0.05, 0.1) is 12.5 Å². The van der Waals surface area contributed by atoms with E-state index in [0.717, 1.165) is 22.3 Å². The fraction of sp³-hybridized carbons (Fsp3) is 0.400. The molecule has 0 radical (unpaired) electrons. The Bertz CT molecular complexity index is 999. The van der Waals surface area contributed by atoms with E-state index < -0.39 is 36.5 Å². The van der Waals surface area contributed by atoms with E-state index in [4.69, 9.17) is 4.74 Å². The van der Waals surface area contributed by atoms with Gasteiger partial charge < -0.3 is 25.2 Å². The average Bonchev–Trinajstić information content (AvgIpc) is 3.09. The maximum atomic E-state index is 12.9. The van der Waals surface area contributed by atoms with Crippen molar-refractivity contribution in [2.75, 3.05) is 19.7 Å². The Hall–Kier alpha value is -3.39.